The molecule has 6 nitrogen and oxygen atoms in total. The summed E-state index contributed by atoms with van der Waals surface area (Å²) in [5, 5.41) is 6.60. The van der Waals surface area contributed by atoms with E-state index in [1.807, 2.05) is 4.90 Å². The molecule has 1 aliphatic heterocycles. The van der Waals surface area contributed by atoms with E-state index in [0.717, 1.165) is 25.9 Å². The number of hydrogen-bond donors (Lipinski definition) is 1. The molecule has 2 rings (SSSR count). The van der Waals surface area contributed by atoms with Crippen LogP contribution in [-0.4, -0.2) is 52.8 Å². The molecule has 1 aliphatic rings. The average Bonchev–Trinajstić information content (AvgIpc) is 2.76. The standard InChI is InChI=1S/C11H18N4O2/c1-8-12-10(14-13-8)11(16)15-5-3-4-9(6-15)7-17-2/h9H,3-7H2,1-2H3,(H,12,13,14). The van der Waals surface area contributed by atoms with Gasteiger partial charge in [0.25, 0.3) is 5.91 Å². The summed E-state index contributed by atoms with van der Waals surface area (Å²) < 4.78 is 5.14. The largest absolute Gasteiger partial charge is 0.384 e. The lowest BCUT2D eigenvalue weighted by molar-refractivity contribution is 0.0560. The van der Waals surface area contributed by atoms with Crippen molar-refractivity contribution in [3.05, 3.63) is 11.6 Å². The summed E-state index contributed by atoms with van der Waals surface area (Å²) in [5.74, 6) is 1.27. The van der Waals surface area contributed by atoms with Crippen LogP contribution in [0.1, 0.15) is 29.3 Å². The van der Waals surface area contributed by atoms with E-state index >= 15 is 0 Å². The van der Waals surface area contributed by atoms with Crippen molar-refractivity contribution in [1.29, 1.82) is 0 Å². The third-order valence-corrected chi connectivity index (χ3v) is 3.00. The van der Waals surface area contributed by atoms with E-state index in [1.165, 1.54) is 0 Å². The highest BCUT2D eigenvalue weighted by Crippen LogP contribution is 2.17. The first-order valence-electron chi connectivity index (χ1n) is 5.88. The van der Waals surface area contributed by atoms with Crippen LogP contribution in [0.5, 0.6) is 0 Å². The van der Waals surface area contributed by atoms with Crippen molar-refractivity contribution in [1.82, 2.24) is 20.1 Å². The number of methoxy groups -OCH3 is 1. The van der Waals surface area contributed by atoms with Gasteiger partial charge in [0.1, 0.15) is 5.82 Å². The summed E-state index contributed by atoms with van der Waals surface area (Å²) in [7, 11) is 1.69. The van der Waals surface area contributed by atoms with Crippen molar-refractivity contribution < 1.29 is 9.53 Å². The van der Waals surface area contributed by atoms with E-state index in [1.54, 1.807) is 14.0 Å². The molecule has 0 bridgehead atoms. The summed E-state index contributed by atoms with van der Waals surface area (Å²) >= 11 is 0. The third-order valence-electron chi connectivity index (χ3n) is 3.00. The maximum absolute atomic E-state index is 12.1. The van der Waals surface area contributed by atoms with Gasteiger partial charge in [-0.05, 0) is 25.7 Å². The summed E-state index contributed by atoms with van der Waals surface area (Å²) in [5.41, 5.74) is 0. The van der Waals surface area contributed by atoms with Crippen LogP contribution < -0.4 is 0 Å². The molecule has 0 aliphatic carbocycles. The zero-order chi connectivity index (χ0) is 12.3. The van der Waals surface area contributed by atoms with Crippen LogP contribution in [0.15, 0.2) is 0 Å². The summed E-state index contributed by atoms with van der Waals surface area (Å²) in [6.45, 7) is 4.01. The zero-order valence-corrected chi connectivity index (χ0v) is 10.3. The predicted octanol–water partition coefficient (Wildman–Crippen LogP) is 0.612. The van der Waals surface area contributed by atoms with Crippen molar-refractivity contribution in [2.24, 2.45) is 5.92 Å². The predicted molar refractivity (Wildman–Crippen MR) is 61.6 cm³/mol. The first kappa shape index (κ1) is 12.0. The molecule has 0 radical (unpaired) electrons. The summed E-state index contributed by atoms with van der Waals surface area (Å²) in [4.78, 5) is 18.0. The van der Waals surface area contributed by atoms with Gasteiger partial charge in [-0.2, -0.15) is 0 Å². The number of aromatic amines is 1. The van der Waals surface area contributed by atoms with Gasteiger partial charge in [-0.15, -0.1) is 5.10 Å². The second kappa shape index (κ2) is 5.27. The first-order chi connectivity index (χ1) is 8.20. The fraction of sp³-hybridized carbons (Fsp3) is 0.727. The molecule has 2 heterocycles. The summed E-state index contributed by atoms with van der Waals surface area (Å²) in [6.07, 6.45) is 2.13. The Morgan fingerprint density at radius 3 is 3.12 bits per heavy atom. The van der Waals surface area contributed by atoms with Crippen molar-refractivity contribution >= 4 is 5.91 Å². The third kappa shape index (κ3) is 2.82. The zero-order valence-electron chi connectivity index (χ0n) is 10.3. The minimum absolute atomic E-state index is 0.0878. The fourth-order valence-electron chi connectivity index (χ4n) is 2.20. The topological polar surface area (TPSA) is 71.1 Å². The summed E-state index contributed by atoms with van der Waals surface area (Å²) in [6, 6.07) is 0. The Hall–Kier alpha value is -1.43. The number of nitrogens with zero attached hydrogens (tertiary/aromatic N) is 3. The van der Waals surface area contributed by atoms with Crippen molar-refractivity contribution in [3.8, 4) is 0 Å². The van der Waals surface area contributed by atoms with Gasteiger partial charge in [-0.1, -0.05) is 0 Å². The SMILES string of the molecule is COCC1CCCN(C(=O)c2n[nH]c(C)n2)C1. The Bertz CT molecular complexity index is 389. The Labute approximate surface area is 100 Å². The molecule has 0 saturated carbocycles. The number of aryl methyl sites for hydroxylation is 1. The first-order valence-corrected chi connectivity index (χ1v) is 5.88. The lowest BCUT2D eigenvalue weighted by atomic mass is 9.99. The molecule has 1 fully saturated rings. The van der Waals surface area contributed by atoms with Crippen LogP contribution in [0.2, 0.25) is 0 Å². The lowest BCUT2D eigenvalue weighted by Gasteiger charge is -2.31. The van der Waals surface area contributed by atoms with E-state index in [2.05, 4.69) is 15.2 Å². The van der Waals surface area contributed by atoms with Crippen LogP contribution in [0.4, 0.5) is 0 Å². The van der Waals surface area contributed by atoms with Gasteiger partial charge in [0.05, 0.1) is 6.61 Å². The van der Waals surface area contributed by atoms with Gasteiger partial charge < -0.3 is 9.64 Å². The Kier molecular flexibility index (Phi) is 3.73. The van der Waals surface area contributed by atoms with Crippen molar-refractivity contribution in [2.45, 2.75) is 19.8 Å². The van der Waals surface area contributed by atoms with Crippen LogP contribution in [0.25, 0.3) is 0 Å². The molecule has 1 aromatic heterocycles. The van der Waals surface area contributed by atoms with E-state index in [0.29, 0.717) is 18.3 Å². The number of likely N-dealkylation sites (tertiary alicyclic amines) is 1. The van der Waals surface area contributed by atoms with Gasteiger partial charge in [-0.3, -0.25) is 9.89 Å². The minimum atomic E-state index is -0.0878. The Morgan fingerprint density at radius 1 is 1.65 bits per heavy atom. The number of carbonyl (C=O) groups is 1. The van der Waals surface area contributed by atoms with E-state index < -0.39 is 0 Å². The monoisotopic (exact) mass is 238 g/mol. The lowest BCUT2D eigenvalue weighted by Crippen LogP contribution is -2.41. The molecular weight excluding hydrogens is 220 g/mol. The number of carbonyl (C=O) groups excluding carboxylic acids is 1. The second-order valence-electron chi connectivity index (χ2n) is 4.46. The van der Waals surface area contributed by atoms with Crippen LogP contribution in [-0.2, 0) is 4.74 Å². The number of hydrogen-bond acceptors (Lipinski definition) is 4. The van der Waals surface area contributed by atoms with Gasteiger partial charge in [0, 0.05) is 20.2 Å². The van der Waals surface area contributed by atoms with Gasteiger partial charge >= 0.3 is 0 Å². The van der Waals surface area contributed by atoms with Crippen molar-refractivity contribution in [2.75, 3.05) is 26.8 Å². The number of H-pyrrole nitrogens is 1. The quantitative estimate of drug-likeness (QED) is 0.837. The van der Waals surface area contributed by atoms with Crippen LogP contribution >= 0.6 is 0 Å². The molecule has 17 heavy (non-hydrogen) atoms. The maximum Gasteiger partial charge on any atom is 0.293 e. The van der Waals surface area contributed by atoms with Gasteiger partial charge in [0.2, 0.25) is 5.82 Å². The molecule has 1 amide bonds. The molecule has 0 spiro atoms. The number of piperidine rings is 1. The molecule has 0 aromatic carbocycles. The van der Waals surface area contributed by atoms with E-state index in [9.17, 15) is 4.79 Å². The second-order valence-corrected chi connectivity index (χ2v) is 4.46. The highest BCUT2D eigenvalue weighted by Gasteiger charge is 2.26. The molecule has 1 unspecified atom stereocenters. The van der Waals surface area contributed by atoms with Crippen molar-refractivity contribution in [3.63, 3.8) is 0 Å². The number of nitrogens with one attached hydrogen (secondary N) is 1. The van der Waals surface area contributed by atoms with E-state index in [4.69, 9.17) is 4.74 Å². The molecule has 1 aromatic rings. The normalized spacial score (nSPS) is 20.6. The molecule has 1 saturated heterocycles. The highest BCUT2D eigenvalue weighted by molar-refractivity contribution is 5.90. The molecular formula is C11H18N4O2. The molecule has 6 heteroatoms. The number of rotatable bonds is 3. The fourth-order valence-corrected chi connectivity index (χ4v) is 2.20. The highest BCUT2D eigenvalue weighted by atomic mass is 16.5. The molecule has 94 valence electrons. The van der Waals surface area contributed by atoms with Crippen LogP contribution in [0.3, 0.4) is 0 Å². The molecule has 1 atom stereocenters. The number of amides is 1. The van der Waals surface area contributed by atoms with Gasteiger partial charge in [-0.25, -0.2) is 4.98 Å². The van der Waals surface area contributed by atoms with Gasteiger partial charge in [0.15, 0.2) is 0 Å². The van der Waals surface area contributed by atoms with Crippen LogP contribution in [0, 0.1) is 12.8 Å². The minimum Gasteiger partial charge on any atom is -0.384 e. The Morgan fingerprint density at radius 2 is 2.47 bits per heavy atom. The number of aromatic nitrogens is 3. The smallest absolute Gasteiger partial charge is 0.293 e. The average molecular weight is 238 g/mol. The van der Waals surface area contributed by atoms with E-state index in [-0.39, 0.29) is 11.7 Å². The molecule has 1 N–H and O–H groups in total. The number of ether oxygens (including phenoxy) is 1. The Balaban J connectivity index is 1.99. The maximum atomic E-state index is 12.1.